The number of rotatable bonds is 6. The quantitative estimate of drug-likeness (QED) is 0.830. The van der Waals surface area contributed by atoms with Gasteiger partial charge < -0.3 is 9.88 Å². The van der Waals surface area contributed by atoms with Crippen LogP contribution in [0.25, 0.3) is 0 Å². The molecule has 0 aliphatic rings. The fourth-order valence-corrected chi connectivity index (χ4v) is 2.33. The van der Waals surface area contributed by atoms with Gasteiger partial charge in [0.1, 0.15) is 5.82 Å². The molecule has 21 heavy (non-hydrogen) atoms. The summed E-state index contributed by atoms with van der Waals surface area (Å²) in [5.74, 6) is -2.86. The van der Waals surface area contributed by atoms with Gasteiger partial charge in [-0.2, -0.15) is 0 Å². The molecule has 0 bridgehead atoms. The van der Waals surface area contributed by atoms with Gasteiger partial charge in [0.15, 0.2) is 17.5 Å². The monoisotopic (exact) mass is 297 g/mol. The van der Waals surface area contributed by atoms with Crippen LogP contribution < -0.4 is 5.32 Å². The molecule has 1 aromatic heterocycles. The molecule has 0 amide bonds. The van der Waals surface area contributed by atoms with Gasteiger partial charge in [0.05, 0.1) is 0 Å². The van der Waals surface area contributed by atoms with E-state index >= 15 is 0 Å². The molecule has 1 aromatic carbocycles. The second kappa shape index (κ2) is 6.76. The van der Waals surface area contributed by atoms with Crippen molar-refractivity contribution >= 4 is 0 Å². The van der Waals surface area contributed by atoms with Gasteiger partial charge >= 0.3 is 0 Å². The van der Waals surface area contributed by atoms with Crippen LogP contribution in [0.1, 0.15) is 30.8 Å². The smallest absolute Gasteiger partial charge is 0.194 e. The summed E-state index contributed by atoms with van der Waals surface area (Å²) >= 11 is 0. The van der Waals surface area contributed by atoms with E-state index in [2.05, 4.69) is 10.3 Å². The Balaban J connectivity index is 2.19. The zero-order valence-corrected chi connectivity index (χ0v) is 12.0. The summed E-state index contributed by atoms with van der Waals surface area (Å²) in [6.07, 6.45) is 4.67. The van der Waals surface area contributed by atoms with E-state index in [1.165, 1.54) is 6.07 Å². The number of imidazole rings is 1. The van der Waals surface area contributed by atoms with Gasteiger partial charge in [0.2, 0.25) is 0 Å². The summed E-state index contributed by atoms with van der Waals surface area (Å²) in [6.45, 7) is 2.48. The van der Waals surface area contributed by atoms with E-state index in [1.54, 1.807) is 6.20 Å². The molecule has 0 saturated carbocycles. The van der Waals surface area contributed by atoms with Crippen LogP contribution in [0.4, 0.5) is 13.2 Å². The van der Waals surface area contributed by atoms with Gasteiger partial charge in [0, 0.05) is 37.5 Å². The Kier molecular flexibility index (Phi) is 5.01. The number of aryl methyl sites for hydroxylation is 2. The lowest BCUT2D eigenvalue weighted by Gasteiger charge is -2.19. The molecule has 0 saturated heterocycles. The van der Waals surface area contributed by atoms with Gasteiger partial charge in [-0.1, -0.05) is 13.0 Å². The first kappa shape index (κ1) is 15.6. The molecule has 1 unspecified atom stereocenters. The van der Waals surface area contributed by atoms with Crippen LogP contribution in [-0.4, -0.2) is 16.1 Å². The lowest BCUT2D eigenvalue weighted by atomic mass is 10.0. The first-order valence-electron chi connectivity index (χ1n) is 6.87. The molecule has 2 rings (SSSR count). The summed E-state index contributed by atoms with van der Waals surface area (Å²) in [4.78, 5) is 4.20. The molecule has 1 heterocycles. The molecular formula is C15H18F3N3. The summed E-state index contributed by atoms with van der Waals surface area (Å²) in [5, 5.41) is 3.10. The van der Waals surface area contributed by atoms with Gasteiger partial charge in [-0.15, -0.1) is 0 Å². The van der Waals surface area contributed by atoms with Crippen LogP contribution >= 0.6 is 0 Å². The van der Waals surface area contributed by atoms with Crippen molar-refractivity contribution in [3.63, 3.8) is 0 Å². The average Bonchev–Trinajstić information content (AvgIpc) is 2.87. The molecule has 0 radical (unpaired) electrons. The van der Waals surface area contributed by atoms with E-state index in [0.717, 1.165) is 11.9 Å². The van der Waals surface area contributed by atoms with Crippen LogP contribution in [0.3, 0.4) is 0 Å². The first-order chi connectivity index (χ1) is 10.0. The Bertz CT molecular complexity index is 610. The lowest BCUT2D eigenvalue weighted by molar-refractivity contribution is 0.418. The maximum Gasteiger partial charge on any atom is 0.194 e. The number of aromatic nitrogens is 2. The van der Waals surface area contributed by atoms with Crippen molar-refractivity contribution < 1.29 is 13.2 Å². The third-order valence-corrected chi connectivity index (χ3v) is 3.47. The molecule has 114 valence electrons. The van der Waals surface area contributed by atoms with E-state index in [-0.39, 0.29) is 11.6 Å². The third kappa shape index (κ3) is 3.44. The second-order valence-corrected chi connectivity index (χ2v) is 4.87. The predicted octanol–water partition coefficient (Wildman–Crippen LogP) is 3.12. The Hall–Kier alpha value is -1.82. The molecule has 0 aliphatic heterocycles. The summed E-state index contributed by atoms with van der Waals surface area (Å²) in [7, 11) is 1.88. The number of nitrogens with one attached hydrogen (secondary N) is 1. The Labute approximate surface area is 121 Å². The Morgan fingerprint density at radius 2 is 2.00 bits per heavy atom. The highest BCUT2D eigenvalue weighted by atomic mass is 19.2. The van der Waals surface area contributed by atoms with E-state index in [0.29, 0.717) is 19.4 Å². The molecule has 1 atom stereocenters. The fraction of sp³-hybridized carbons (Fsp3) is 0.400. The zero-order valence-electron chi connectivity index (χ0n) is 12.0. The van der Waals surface area contributed by atoms with Crippen LogP contribution in [-0.2, 0) is 13.5 Å². The minimum absolute atomic E-state index is 0.143. The maximum atomic E-state index is 13.9. The van der Waals surface area contributed by atoms with Crippen LogP contribution in [0, 0.1) is 17.5 Å². The molecule has 2 aromatic rings. The van der Waals surface area contributed by atoms with Gasteiger partial charge in [-0.05, 0) is 19.0 Å². The minimum Gasteiger partial charge on any atom is -0.338 e. The third-order valence-electron chi connectivity index (χ3n) is 3.47. The van der Waals surface area contributed by atoms with E-state index in [9.17, 15) is 13.2 Å². The summed E-state index contributed by atoms with van der Waals surface area (Å²) in [5.41, 5.74) is 0.143. The topological polar surface area (TPSA) is 29.9 Å². The number of hydrogen-bond acceptors (Lipinski definition) is 2. The normalized spacial score (nSPS) is 12.6. The van der Waals surface area contributed by atoms with Crippen LogP contribution in [0.15, 0.2) is 24.5 Å². The van der Waals surface area contributed by atoms with Crippen molar-refractivity contribution in [2.24, 2.45) is 7.05 Å². The van der Waals surface area contributed by atoms with Crippen LogP contribution in [0.5, 0.6) is 0 Å². The summed E-state index contributed by atoms with van der Waals surface area (Å²) in [6, 6.07) is 1.86. The van der Waals surface area contributed by atoms with E-state index in [1.807, 2.05) is 24.7 Å². The predicted molar refractivity (Wildman–Crippen MR) is 74.3 cm³/mol. The molecule has 0 spiro atoms. The van der Waals surface area contributed by atoms with Gasteiger partial charge in [-0.25, -0.2) is 18.2 Å². The molecule has 0 aliphatic carbocycles. The standard InChI is InChI=1S/C15H18F3N3/c1-3-19-12(6-7-13-20-8-9-21(13)2)10-4-5-11(16)15(18)14(10)17/h4-5,8-9,12,19H,3,6-7H2,1-2H3. The van der Waals surface area contributed by atoms with Crippen molar-refractivity contribution in [2.75, 3.05) is 6.54 Å². The minimum atomic E-state index is -1.42. The van der Waals surface area contributed by atoms with Crippen molar-refractivity contribution in [2.45, 2.75) is 25.8 Å². The van der Waals surface area contributed by atoms with Crippen molar-refractivity contribution in [3.8, 4) is 0 Å². The number of nitrogens with zero attached hydrogens (tertiary/aromatic N) is 2. The highest BCUT2D eigenvalue weighted by Gasteiger charge is 2.20. The van der Waals surface area contributed by atoms with E-state index in [4.69, 9.17) is 0 Å². The number of benzene rings is 1. The van der Waals surface area contributed by atoms with Gasteiger partial charge in [0.25, 0.3) is 0 Å². The molecule has 1 N–H and O–H groups in total. The molecular weight excluding hydrogens is 279 g/mol. The van der Waals surface area contributed by atoms with Gasteiger partial charge in [-0.3, -0.25) is 0 Å². The Morgan fingerprint density at radius 3 is 2.62 bits per heavy atom. The number of halogens is 3. The first-order valence-corrected chi connectivity index (χ1v) is 6.87. The molecule has 3 nitrogen and oxygen atoms in total. The second-order valence-electron chi connectivity index (χ2n) is 4.87. The average molecular weight is 297 g/mol. The maximum absolute atomic E-state index is 13.9. The SMILES string of the molecule is CCNC(CCc1nccn1C)c1ccc(F)c(F)c1F. The molecule has 6 heteroatoms. The Morgan fingerprint density at radius 1 is 1.24 bits per heavy atom. The highest BCUT2D eigenvalue weighted by molar-refractivity contribution is 5.24. The highest BCUT2D eigenvalue weighted by Crippen LogP contribution is 2.24. The van der Waals surface area contributed by atoms with E-state index < -0.39 is 17.5 Å². The number of hydrogen-bond donors (Lipinski definition) is 1. The van der Waals surface area contributed by atoms with Crippen molar-refractivity contribution in [1.82, 2.24) is 14.9 Å². The fourth-order valence-electron chi connectivity index (χ4n) is 2.33. The lowest BCUT2D eigenvalue weighted by Crippen LogP contribution is -2.23. The molecule has 0 fully saturated rings. The zero-order chi connectivity index (χ0) is 15.4. The van der Waals surface area contributed by atoms with Crippen molar-refractivity contribution in [3.05, 3.63) is 53.4 Å². The largest absolute Gasteiger partial charge is 0.338 e. The van der Waals surface area contributed by atoms with Crippen LogP contribution in [0.2, 0.25) is 0 Å². The summed E-state index contributed by atoms with van der Waals surface area (Å²) < 4.78 is 42.2. The van der Waals surface area contributed by atoms with Crippen molar-refractivity contribution in [1.29, 1.82) is 0 Å².